The van der Waals surface area contributed by atoms with Crippen molar-refractivity contribution in [2.24, 2.45) is 5.73 Å². The Morgan fingerprint density at radius 3 is 1.76 bits per heavy atom. The molecule has 228 valence electrons. The minimum atomic E-state index is -1.86. The zero-order chi connectivity index (χ0) is 31.4. The van der Waals surface area contributed by atoms with Crippen molar-refractivity contribution < 1.29 is 59.1 Å². The third-order valence-corrected chi connectivity index (χ3v) is 5.46. The summed E-state index contributed by atoms with van der Waals surface area (Å²) in [5, 5.41) is 55.2. The third-order valence-electron chi connectivity index (χ3n) is 5.46. The molecule has 0 unspecified atom stereocenters. The van der Waals surface area contributed by atoms with Crippen LogP contribution in [0.15, 0.2) is 12.5 Å². The molecule has 0 bridgehead atoms. The predicted molar refractivity (Wildman–Crippen MR) is 133 cm³/mol. The molecule has 0 fully saturated rings. The van der Waals surface area contributed by atoms with Gasteiger partial charge in [0.25, 0.3) is 0 Å². The quantitative estimate of drug-likeness (QED) is 0.0813. The van der Waals surface area contributed by atoms with E-state index in [1.54, 1.807) is 0 Å². The Hall–Kier alpha value is -4.62. The Morgan fingerprint density at radius 1 is 0.780 bits per heavy atom. The maximum absolute atomic E-state index is 13.2. The number of amides is 4. The molecule has 0 aliphatic heterocycles. The fourth-order valence-corrected chi connectivity index (χ4v) is 3.33. The number of nitrogens with one attached hydrogen (secondary N) is 5. The maximum atomic E-state index is 13.2. The number of rotatable bonds is 17. The Labute approximate surface area is 231 Å². The molecule has 1 aromatic heterocycles. The van der Waals surface area contributed by atoms with Crippen LogP contribution in [0.4, 0.5) is 0 Å². The van der Waals surface area contributed by atoms with Gasteiger partial charge < -0.3 is 57.5 Å². The van der Waals surface area contributed by atoms with Crippen LogP contribution in [0.1, 0.15) is 32.4 Å². The second-order valence-electron chi connectivity index (χ2n) is 9.00. The van der Waals surface area contributed by atoms with Gasteiger partial charge in [0.2, 0.25) is 23.6 Å². The summed E-state index contributed by atoms with van der Waals surface area (Å²) in [5.41, 5.74) is 5.76. The van der Waals surface area contributed by atoms with Gasteiger partial charge in [0.1, 0.15) is 18.1 Å². The number of aliphatic hydroxyl groups is 2. The zero-order valence-electron chi connectivity index (χ0n) is 21.9. The van der Waals surface area contributed by atoms with Crippen LogP contribution in [0.25, 0.3) is 0 Å². The van der Waals surface area contributed by atoms with E-state index in [4.69, 9.17) is 10.8 Å². The van der Waals surface area contributed by atoms with Crippen molar-refractivity contribution in [1.82, 2.24) is 31.2 Å². The topological polar surface area (TPSA) is 323 Å². The molecule has 0 aliphatic carbocycles. The molecule has 7 atom stereocenters. The van der Waals surface area contributed by atoms with Crippen LogP contribution in [0.5, 0.6) is 0 Å². The van der Waals surface area contributed by atoms with E-state index in [1.807, 2.05) is 5.32 Å². The smallest absolute Gasteiger partial charge is 0.328 e. The number of carbonyl (C=O) groups excluding carboxylic acids is 4. The van der Waals surface area contributed by atoms with Gasteiger partial charge in [-0.05, 0) is 13.8 Å². The minimum absolute atomic E-state index is 0.283. The fraction of sp³-hybridized carbons (Fsp3) is 0.545. The highest BCUT2D eigenvalue weighted by Crippen LogP contribution is 2.05. The molecule has 0 aromatic carbocycles. The number of nitrogens with zero attached hydrogens (tertiary/aromatic N) is 1. The highest BCUT2D eigenvalue weighted by molar-refractivity contribution is 5.97. The van der Waals surface area contributed by atoms with Gasteiger partial charge in [-0.2, -0.15) is 0 Å². The van der Waals surface area contributed by atoms with E-state index in [-0.39, 0.29) is 12.1 Å². The van der Waals surface area contributed by atoms with Crippen molar-refractivity contribution in [3.05, 3.63) is 18.2 Å². The average Bonchev–Trinajstić information content (AvgIpc) is 3.36. The molecule has 0 radical (unpaired) electrons. The lowest BCUT2D eigenvalue weighted by Crippen LogP contribution is -2.61. The molecule has 41 heavy (non-hydrogen) atoms. The van der Waals surface area contributed by atoms with E-state index in [0.717, 1.165) is 13.8 Å². The molecule has 0 aliphatic rings. The summed E-state index contributed by atoms with van der Waals surface area (Å²) in [6.45, 7) is 2.18. The highest BCUT2D eigenvalue weighted by Gasteiger charge is 2.35. The van der Waals surface area contributed by atoms with Gasteiger partial charge in [-0.15, -0.1) is 0 Å². The van der Waals surface area contributed by atoms with E-state index < -0.39 is 96.8 Å². The van der Waals surface area contributed by atoms with Crippen molar-refractivity contribution in [2.75, 3.05) is 0 Å². The average molecular weight is 588 g/mol. The monoisotopic (exact) mass is 587 g/mol. The van der Waals surface area contributed by atoms with Crippen LogP contribution in [0.2, 0.25) is 0 Å². The van der Waals surface area contributed by atoms with Gasteiger partial charge in [-0.1, -0.05) is 0 Å². The first kappa shape index (κ1) is 34.4. The number of aliphatic carboxylic acids is 3. The third kappa shape index (κ3) is 11.6. The van der Waals surface area contributed by atoms with Gasteiger partial charge in [0.15, 0.2) is 6.04 Å². The molecule has 4 amide bonds. The Morgan fingerprint density at radius 2 is 1.29 bits per heavy atom. The summed E-state index contributed by atoms with van der Waals surface area (Å²) in [7, 11) is 0. The predicted octanol–water partition coefficient (Wildman–Crippen LogP) is -4.99. The summed E-state index contributed by atoms with van der Waals surface area (Å²) >= 11 is 0. The van der Waals surface area contributed by atoms with E-state index in [0.29, 0.717) is 0 Å². The molecule has 1 heterocycles. The number of aromatic nitrogens is 2. The fourth-order valence-electron chi connectivity index (χ4n) is 3.33. The van der Waals surface area contributed by atoms with E-state index in [2.05, 4.69) is 25.9 Å². The van der Waals surface area contributed by atoms with Gasteiger partial charge in [-0.25, -0.2) is 9.78 Å². The van der Waals surface area contributed by atoms with Crippen molar-refractivity contribution in [3.63, 3.8) is 0 Å². The second kappa shape index (κ2) is 15.8. The first-order valence-corrected chi connectivity index (χ1v) is 12.0. The number of carbonyl (C=O) groups is 7. The van der Waals surface area contributed by atoms with Crippen LogP contribution < -0.4 is 27.0 Å². The molecule has 0 spiro atoms. The molecule has 12 N–H and O–H groups in total. The summed E-state index contributed by atoms with van der Waals surface area (Å²) in [5.74, 6) is -9.20. The van der Waals surface area contributed by atoms with Crippen LogP contribution in [0, 0.1) is 0 Å². The second-order valence-corrected chi connectivity index (χ2v) is 9.00. The van der Waals surface area contributed by atoms with E-state index in [1.165, 1.54) is 12.5 Å². The Balaban J connectivity index is 3.20. The first-order valence-electron chi connectivity index (χ1n) is 12.0. The van der Waals surface area contributed by atoms with Crippen molar-refractivity contribution in [2.45, 2.75) is 75.5 Å². The number of carboxylic acid groups (broad SMARTS) is 3. The molecule has 1 aromatic rings. The number of H-pyrrole nitrogens is 1. The summed E-state index contributed by atoms with van der Waals surface area (Å²) in [6, 6.07) is -8.57. The molecular weight excluding hydrogens is 554 g/mol. The number of carboxylic acids is 3. The Bertz CT molecular complexity index is 1110. The zero-order valence-corrected chi connectivity index (χ0v) is 21.9. The van der Waals surface area contributed by atoms with Gasteiger partial charge in [-0.3, -0.25) is 28.8 Å². The van der Waals surface area contributed by atoms with Gasteiger partial charge in [0.05, 0.1) is 37.4 Å². The maximum Gasteiger partial charge on any atom is 0.328 e. The lowest BCUT2D eigenvalue weighted by molar-refractivity contribution is -0.146. The number of hydrogen-bond donors (Lipinski definition) is 11. The van der Waals surface area contributed by atoms with Crippen LogP contribution in [-0.4, -0.2) is 119 Å². The van der Waals surface area contributed by atoms with Gasteiger partial charge >= 0.3 is 17.9 Å². The first-order chi connectivity index (χ1) is 19.0. The largest absolute Gasteiger partial charge is 0.481 e. The highest BCUT2D eigenvalue weighted by atomic mass is 16.4. The molecule has 1 rings (SSSR count). The van der Waals surface area contributed by atoms with E-state index in [9.17, 15) is 54.0 Å². The molecule has 19 nitrogen and oxygen atoms in total. The lowest BCUT2D eigenvalue weighted by atomic mass is 10.1. The molecule has 0 saturated heterocycles. The van der Waals surface area contributed by atoms with Crippen molar-refractivity contribution >= 4 is 41.5 Å². The number of aliphatic hydroxyl groups excluding tert-OH is 2. The van der Waals surface area contributed by atoms with Crippen LogP contribution in [-0.2, 0) is 40.0 Å². The van der Waals surface area contributed by atoms with Crippen molar-refractivity contribution in [3.8, 4) is 0 Å². The number of hydrogen-bond acceptors (Lipinski definition) is 11. The van der Waals surface area contributed by atoms with Crippen LogP contribution >= 0.6 is 0 Å². The standard InChI is InChI=1S/C22H33N7O12/c1-8(30)16(28-18(36)11(23)4-14(32)33)21(39)27-12(3-10-6-24-7-25-10)19(37)26-13(5-15(34)35)20(38)29-17(9(2)31)22(40)41/h6-9,11-13,16-17,30-31H,3-5,23H2,1-2H3,(H,24,25)(H,26,37)(H,27,39)(H,28,36)(H,29,38)(H,32,33)(H,34,35)(H,40,41)/t8-,9-,11+,12+,13+,16+,17+/m1/s1. The van der Waals surface area contributed by atoms with Gasteiger partial charge in [0, 0.05) is 18.3 Å². The molecule has 19 heteroatoms. The number of aromatic amines is 1. The SMILES string of the molecule is C[C@@H](O)[C@H](NC(=O)[C@H](CC(=O)O)NC(=O)[C@H](Cc1cnc[nH]1)NC(=O)[C@@H](NC(=O)[C@@H](N)CC(=O)O)[C@@H](C)O)C(=O)O. The van der Waals surface area contributed by atoms with Crippen molar-refractivity contribution in [1.29, 1.82) is 0 Å². The lowest BCUT2D eigenvalue weighted by Gasteiger charge is -2.27. The summed E-state index contributed by atoms with van der Waals surface area (Å²) in [4.78, 5) is 91.0. The molecular formula is C22H33N7O12. The Kier molecular flexibility index (Phi) is 13.3. The minimum Gasteiger partial charge on any atom is -0.481 e. The number of imidazole rings is 1. The normalized spacial score (nSPS) is 16.0. The van der Waals surface area contributed by atoms with Crippen LogP contribution in [0.3, 0.4) is 0 Å². The number of nitrogens with two attached hydrogens (primary N) is 1. The molecule has 0 saturated carbocycles. The summed E-state index contributed by atoms with van der Waals surface area (Å²) in [6.07, 6.45) is -2.72. The van der Waals surface area contributed by atoms with E-state index >= 15 is 0 Å². The summed E-state index contributed by atoms with van der Waals surface area (Å²) < 4.78 is 0.